The normalized spacial score (nSPS) is 22.3. The average Bonchev–Trinajstić information content (AvgIpc) is 2.96. The summed E-state index contributed by atoms with van der Waals surface area (Å²) < 4.78 is 32.3. The Bertz CT molecular complexity index is 1520. The lowest BCUT2D eigenvalue weighted by Gasteiger charge is -2.39. The van der Waals surface area contributed by atoms with E-state index in [1.54, 1.807) is 6.92 Å². The minimum absolute atomic E-state index is 0.0279. The highest BCUT2D eigenvalue weighted by atomic mass is 16.7. The number of esters is 1. The van der Waals surface area contributed by atoms with Crippen LogP contribution in [-0.4, -0.2) is 94.7 Å². The average molecular weight is 591 g/mol. The first-order valence-electron chi connectivity index (χ1n) is 12.7. The van der Waals surface area contributed by atoms with Gasteiger partial charge in [-0.15, -0.1) is 0 Å². The highest BCUT2D eigenvalue weighted by Gasteiger charge is 2.45. The number of phenolic OH excluding ortho intramolecular Hbond substituents is 2. The Morgan fingerprint density at radius 2 is 1.67 bits per heavy atom. The van der Waals surface area contributed by atoms with Crippen LogP contribution >= 0.6 is 0 Å². The van der Waals surface area contributed by atoms with E-state index in [9.17, 15) is 40.2 Å². The fourth-order valence-corrected chi connectivity index (χ4v) is 4.45. The van der Waals surface area contributed by atoms with Crippen LogP contribution < -0.4 is 19.6 Å². The van der Waals surface area contributed by atoms with Crippen LogP contribution in [0.2, 0.25) is 0 Å². The number of aliphatic hydroxyl groups excluding tert-OH is 4. The molecule has 0 unspecified atom stereocenters. The van der Waals surface area contributed by atoms with Crippen LogP contribution in [0.5, 0.6) is 28.7 Å². The predicted octanol–water partition coefficient (Wildman–Crippen LogP) is 0.643. The van der Waals surface area contributed by atoms with Crippen molar-refractivity contribution >= 4 is 23.0 Å². The van der Waals surface area contributed by atoms with Gasteiger partial charge in [-0.3, -0.25) is 4.79 Å². The third kappa shape index (κ3) is 5.84. The molecule has 1 aliphatic rings. The van der Waals surface area contributed by atoms with Crippen LogP contribution in [0.1, 0.15) is 12.5 Å². The van der Waals surface area contributed by atoms with Crippen molar-refractivity contribution < 1.29 is 63.5 Å². The van der Waals surface area contributed by atoms with Crippen LogP contribution in [-0.2, 0) is 14.3 Å². The molecule has 1 aromatic heterocycles. The molecule has 2 aromatic carbocycles. The summed E-state index contributed by atoms with van der Waals surface area (Å²) in [5, 5.41) is 60.8. The van der Waals surface area contributed by atoms with E-state index in [1.165, 1.54) is 26.4 Å². The number of rotatable bonds is 9. The summed E-state index contributed by atoms with van der Waals surface area (Å²) >= 11 is 0. The van der Waals surface area contributed by atoms with Crippen molar-refractivity contribution in [2.24, 2.45) is 0 Å². The fourth-order valence-electron chi connectivity index (χ4n) is 4.45. The Morgan fingerprint density at radius 3 is 2.26 bits per heavy atom. The molecule has 1 aliphatic heterocycles. The Kier molecular flexibility index (Phi) is 9.23. The molecule has 1 fully saturated rings. The van der Waals surface area contributed by atoms with Gasteiger partial charge in [0.05, 0.1) is 33.0 Å². The number of carbonyl (C=O) groups excluding carboxylic acids is 1. The van der Waals surface area contributed by atoms with Crippen molar-refractivity contribution in [3.63, 3.8) is 0 Å². The van der Waals surface area contributed by atoms with Crippen molar-refractivity contribution in [1.82, 2.24) is 0 Å². The number of benzene rings is 2. The highest BCUT2D eigenvalue weighted by Crippen LogP contribution is 2.43. The van der Waals surface area contributed by atoms with Crippen LogP contribution in [0.25, 0.3) is 28.4 Å². The van der Waals surface area contributed by atoms with Gasteiger partial charge in [0, 0.05) is 23.8 Å². The molecule has 226 valence electrons. The number of hydrogen-bond donors (Lipinski definition) is 6. The number of fused-ring (bicyclic) bond motifs is 1. The molecule has 2 heterocycles. The van der Waals surface area contributed by atoms with Crippen LogP contribution in [0.4, 0.5) is 0 Å². The number of methoxy groups -OCH3 is 2. The molecule has 0 radical (unpaired) electrons. The van der Waals surface area contributed by atoms with Gasteiger partial charge in [-0.2, -0.15) is 0 Å². The molecule has 4 rings (SSSR count). The standard InChI is InChI=1S/C28H30O14/c1-4-39-21(33)6-5-13-18(37-2)10-19-22(26(13)38-3)14(30)9-17(40-19)12-7-15(31)27(16(32)8-12)42-28-25(36)24(35)23(34)20(11-29)41-28/h5-10,20,23-25,28-29,31-32,34-36H,4,11H2,1-3H3/t20-,23-,24+,25-,28+/m1/s1. The van der Waals surface area contributed by atoms with Crippen LogP contribution in [0.15, 0.2) is 39.6 Å². The number of aliphatic hydroxyl groups is 4. The van der Waals surface area contributed by atoms with E-state index in [4.69, 9.17) is 28.1 Å². The molecule has 42 heavy (non-hydrogen) atoms. The second-order valence-electron chi connectivity index (χ2n) is 9.12. The van der Waals surface area contributed by atoms with Gasteiger partial charge in [0.1, 0.15) is 52.6 Å². The topological polar surface area (TPSA) is 215 Å². The number of ether oxygens (including phenoxy) is 5. The first-order chi connectivity index (χ1) is 20.0. The first-order valence-corrected chi connectivity index (χ1v) is 12.7. The van der Waals surface area contributed by atoms with Crippen LogP contribution in [0, 0.1) is 0 Å². The van der Waals surface area contributed by atoms with Gasteiger partial charge >= 0.3 is 5.97 Å². The quantitative estimate of drug-likeness (QED) is 0.149. The summed E-state index contributed by atoms with van der Waals surface area (Å²) in [6, 6.07) is 4.72. The Morgan fingerprint density at radius 1 is 0.976 bits per heavy atom. The maximum Gasteiger partial charge on any atom is 0.330 e. The Labute approximate surface area is 238 Å². The molecular weight excluding hydrogens is 560 g/mol. The molecule has 0 spiro atoms. The summed E-state index contributed by atoms with van der Waals surface area (Å²) in [5.74, 6) is -2.27. The lowest BCUT2D eigenvalue weighted by atomic mass is 9.99. The molecule has 1 saturated heterocycles. The van der Waals surface area contributed by atoms with E-state index in [2.05, 4.69) is 0 Å². The summed E-state index contributed by atoms with van der Waals surface area (Å²) in [6.07, 6.45) is -5.58. The molecule has 0 amide bonds. The second-order valence-corrected chi connectivity index (χ2v) is 9.12. The van der Waals surface area contributed by atoms with Crippen LogP contribution in [0.3, 0.4) is 0 Å². The maximum atomic E-state index is 13.2. The van der Waals surface area contributed by atoms with Gasteiger partial charge in [0.2, 0.25) is 12.0 Å². The van der Waals surface area contributed by atoms with Gasteiger partial charge in [0.25, 0.3) is 0 Å². The van der Waals surface area contributed by atoms with Crippen molar-refractivity contribution in [3.05, 3.63) is 46.1 Å². The maximum absolute atomic E-state index is 13.2. The number of hydrogen-bond acceptors (Lipinski definition) is 14. The number of aromatic hydroxyl groups is 2. The lowest BCUT2D eigenvalue weighted by molar-refractivity contribution is -0.277. The second kappa shape index (κ2) is 12.7. The van der Waals surface area contributed by atoms with Gasteiger partial charge in [-0.25, -0.2) is 4.79 Å². The lowest BCUT2D eigenvalue weighted by Crippen LogP contribution is -2.60. The fraction of sp³-hybridized carbons (Fsp3) is 0.357. The molecule has 3 aromatic rings. The number of phenols is 2. The molecule has 6 N–H and O–H groups in total. The monoisotopic (exact) mass is 590 g/mol. The molecular formula is C28H30O14. The summed E-state index contributed by atoms with van der Waals surface area (Å²) in [4.78, 5) is 25.1. The van der Waals surface area contributed by atoms with E-state index >= 15 is 0 Å². The summed E-state index contributed by atoms with van der Waals surface area (Å²) in [7, 11) is 2.70. The van der Waals surface area contributed by atoms with Gasteiger partial charge < -0.3 is 58.7 Å². The van der Waals surface area contributed by atoms with E-state index in [0.717, 1.165) is 24.3 Å². The van der Waals surface area contributed by atoms with Gasteiger partial charge in [0.15, 0.2) is 16.9 Å². The Hall–Kier alpha value is -4.34. The summed E-state index contributed by atoms with van der Waals surface area (Å²) in [5.41, 5.74) is -0.197. The Balaban J connectivity index is 1.73. The predicted molar refractivity (Wildman–Crippen MR) is 144 cm³/mol. The molecule has 0 saturated carbocycles. The van der Waals surface area contributed by atoms with Gasteiger partial charge in [-0.1, -0.05) is 0 Å². The minimum Gasteiger partial charge on any atom is -0.504 e. The van der Waals surface area contributed by atoms with E-state index < -0.39 is 66.0 Å². The third-order valence-electron chi connectivity index (χ3n) is 6.49. The van der Waals surface area contributed by atoms with Gasteiger partial charge in [-0.05, 0) is 25.1 Å². The smallest absolute Gasteiger partial charge is 0.330 e. The summed E-state index contributed by atoms with van der Waals surface area (Å²) in [6.45, 7) is 1.13. The first kappa shape index (κ1) is 30.6. The minimum atomic E-state index is -1.79. The van der Waals surface area contributed by atoms with E-state index in [-0.39, 0.29) is 46.0 Å². The highest BCUT2D eigenvalue weighted by molar-refractivity contribution is 5.95. The number of carbonyl (C=O) groups is 1. The molecule has 0 bridgehead atoms. The largest absolute Gasteiger partial charge is 0.504 e. The molecule has 5 atom stereocenters. The van der Waals surface area contributed by atoms with E-state index in [0.29, 0.717) is 0 Å². The third-order valence-corrected chi connectivity index (χ3v) is 6.49. The molecule has 0 aliphatic carbocycles. The zero-order valence-electron chi connectivity index (χ0n) is 22.7. The SMILES string of the molecule is CCOC(=O)C=Cc1c(OC)cc2oc(-c3cc(O)c(O[C@@H]4O[C@H](CO)[C@@H](O)[C@H](O)[C@H]4O)c(O)c3)cc(=O)c2c1OC. The van der Waals surface area contributed by atoms with Crippen molar-refractivity contribution in [3.8, 4) is 40.1 Å². The zero-order chi connectivity index (χ0) is 30.7. The van der Waals surface area contributed by atoms with Crippen molar-refractivity contribution in [2.75, 3.05) is 27.4 Å². The zero-order valence-corrected chi connectivity index (χ0v) is 22.7. The molecule has 14 nitrogen and oxygen atoms in total. The molecule has 14 heteroatoms. The van der Waals surface area contributed by atoms with E-state index in [1.807, 2.05) is 0 Å². The van der Waals surface area contributed by atoms with Crippen molar-refractivity contribution in [2.45, 2.75) is 37.6 Å². The van der Waals surface area contributed by atoms with Crippen molar-refractivity contribution in [1.29, 1.82) is 0 Å².